The molecule has 0 aliphatic carbocycles. The first-order valence-corrected chi connectivity index (χ1v) is 8.28. The number of ether oxygens (including phenoxy) is 2. The van der Waals surface area contributed by atoms with Gasteiger partial charge in [-0.25, -0.2) is 4.79 Å². The predicted molar refractivity (Wildman–Crippen MR) is 90.0 cm³/mol. The van der Waals surface area contributed by atoms with Crippen molar-refractivity contribution in [2.45, 2.75) is 26.2 Å². The van der Waals surface area contributed by atoms with Gasteiger partial charge in [0.25, 0.3) is 0 Å². The molecule has 0 amide bonds. The van der Waals surface area contributed by atoms with Crippen LogP contribution >= 0.6 is 11.6 Å². The maximum atomic E-state index is 12.6. The molecule has 2 heterocycles. The molecule has 0 saturated heterocycles. The average Bonchev–Trinajstić information content (AvgIpc) is 2.92. The highest BCUT2D eigenvalue weighted by atomic mass is 35.5. The number of hydrogen-bond acceptors (Lipinski definition) is 5. The molecule has 1 aromatic carbocycles. The van der Waals surface area contributed by atoms with Gasteiger partial charge in [-0.15, -0.1) is 0 Å². The third-order valence-corrected chi connectivity index (χ3v) is 4.42. The molecule has 0 spiro atoms. The van der Waals surface area contributed by atoms with E-state index in [9.17, 15) is 9.59 Å². The molecule has 2 unspecified atom stereocenters. The summed E-state index contributed by atoms with van der Waals surface area (Å²) in [5, 5.41) is 0.543. The summed E-state index contributed by atoms with van der Waals surface area (Å²) in [6.45, 7) is 4.18. The molecule has 6 heteroatoms. The number of benzene rings is 1. The molecule has 0 bridgehead atoms. The molecule has 2 aliphatic heterocycles. The van der Waals surface area contributed by atoms with Gasteiger partial charge < -0.3 is 9.47 Å². The fraction of sp³-hybridized carbons (Fsp3) is 0.389. The normalized spacial score (nSPS) is 22.8. The number of carbonyl (C=O) groups excluding carboxylic acids is 2. The number of halogens is 1. The Bertz CT molecular complexity index is 753. The highest BCUT2D eigenvalue weighted by Crippen LogP contribution is 2.42. The molecule has 126 valence electrons. The van der Waals surface area contributed by atoms with E-state index in [0.29, 0.717) is 28.6 Å². The Hall–Kier alpha value is -2.14. The molecule has 3 rings (SSSR count). The fourth-order valence-corrected chi connectivity index (χ4v) is 3.35. The van der Waals surface area contributed by atoms with Crippen LogP contribution in [0.2, 0.25) is 5.02 Å². The van der Waals surface area contributed by atoms with Gasteiger partial charge in [-0.05, 0) is 31.0 Å². The first kappa shape index (κ1) is 16.7. The van der Waals surface area contributed by atoms with Crippen LogP contribution in [0.3, 0.4) is 0 Å². The van der Waals surface area contributed by atoms with E-state index in [1.807, 2.05) is 13.0 Å². The lowest BCUT2D eigenvalue weighted by molar-refractivity contribution is -0.146. The molecule has 0 saturated carbocycles. The van der Waals surface area contributed by atoms with Gasteiger partial charge in [-0.3, -0.25) is 9.79 Å². The van der Waals surface area contributed by atoms with Crippen LogP contribution < -0.4 is 0 Å². The van der Waals surface area contributed by atoms with Gasteiger partial charge >= 0.3 is 11.9 Å². The minimum absolute atomic E-state index is 0.138. The zero-order chi connectivity index (χ0) is 17.3. The Balaban J connectivity index is 2.08. The molecule has 1 aromatic rings. The molecule has 0 aromatic heterocycles. The van der Waals surface area contributed by atoms with Crippen LogP contribution in [-0.2, 0) is 19.1 Å². The highest BCUT2D eigenvalue weighted by molar-refractivity contribution is 6.30. The maximum absolute atomic E-state index is 12.6. The lowest BCUT2D eigenvalue weighted by atomic mass is 9.76. The second kappa shape index (κ2) is 6.77. The number of cyclic esters (lactones) is 1. The van der Waals surface area contributed by atoms with E-state index in [0.717, 1.165) is 12.0 Å². The Morgan fingerprint density at radius 3 is 2.96 bits per heavy atom. The summed E-state index contributed by atoms with van der Waals surface area (Å²) < 4.78 is 10.5. The SMILES string of the molecule is CCCOC(=O)C1C(C)=NC2=C(C(=O)OC2)C1c1cccc(Cl)c1. The van der Waals surface area contributed by atoms with E-state index in [1.54, 1.807) is 25.1 Å². The van der Waals surface area contributed by atoms with Crippen molar-refractivity contribution in [3.05, 3.63) is 46.1 Å². The molecule has 0 N–H and O–H groups in total. The summed E-state index contributed by atoms with van der Waals surface area (Å²) in [6.07, 6.45) is 0.729. The first-order chi connectivity index (χ1) is 11.5. The third kappa shape index (κ3) is 2.96. The van der Waals surface area contributed by atoms with E-state index in [-0.39, 0.29) is 12.6 Å². The van der Waals surface area contributed by atoms with Crippen LogP contribution in [0.25, 0.3) is 0 Å². The van der Waals surface area contributed by atoms with E-state index >= 15 is 0 Å². The monoisotopic (exact) mass is 347 g/mol. The van der Waals surface area contributed by atoms with Crippen molar-refractivity contribution in [3.8, 4) is 0 Å². The quantitative estimate of drug-likeness (QED) is 0.784. The molecule has 24 heavy (non-hydrogen) atoms. The van der Waals surface area contributed by atoms with Crippen LogP contribution in [0.1, 0.15) is 31.7 Å². The first-order valence-electron chi connectivity index (χ1n) is 7.90. The number of aliphatic imine (C=N–C) groups is 1. The van der Waals surface area contributed by atoms with Crippen molar-refractivity contribution in [1.82, 2.24) is 0 Å². The van der Waals surface area contributed by atoms with E-state index in [1.165, 1.54) is 0 Å². The van der Waals surface area contributed by atoms with E-state index in [2.05, 4.69) is 4.99 Å². The topological polar surface area (TPSA) is 65.0 Å². The summed E-state index contributed by atoms with van der Waals surface area (Å²) >= 11 is 6.11. The zero-order valence-electron chi connectivity index (χ0n) is 13.5. The lowest BCUT2D eigenvalue weighted by Crippen LogP contribution is -2.35. The highest BCUT2D eigenvalue weighted by Gasteiger charge is 2.45. The third-order valence-electron chi connectivity index (χ3n) is 4.19. The molecule has 2 atom stereocenters. The molecule has 2 aliphatic rings. The molecular formula is C18H18ClNO4. The van der Waals surface area contributed by atoms with Crippen LogP contribution in [0.15, 0.2) is 40.5 Å². The van der Waals surface area contributed by atoms with Crippen molar-refractivity contribution in [2.75, 3.05) is 13.2 Å². The van der Waals surface area contributed by atoms with Gasteiger partial charge in [0, 0.05) is 16.7 Å². The number of rotatable bonds is 4. The fourth-order valence-electron chi connectivity index (χ4n) is 3.15. The van der Waals surface area contributed by atoms with E-state index < -0.39 is 17.8 Å². The largest absolute Gasteiger partial charge is 0.465 e. The standard InChI is InChI=1S/C18H18ClNO4/c1-3-7-23-17(21)14-10(2)20-13-9-24-18(22)16(13)15(14)11-5-4-6-12(19)8-11/h4-6,8,14-15H,3,7,9H2,1-2H3. The van der Waals surface area contributed by atoms with Gasteiger partial charge in [-0.2, -0.15) is 0 Å². The van der Waals surface area contributed by atoms with Gasteiger partial charge in [0.1, 0.15) is 12.5 Å². The smallest absolute Gasteiger partial charge is 0.337 e. The molecule has 5 nitrogen and oxygen atoms in total. The maximum Gasteiger partial charge on any atom is 0.337 e. The van der Waals surface area contributed by atoms with Crippen LogP contribution in [-0.4, -0.2) is 30.9 Å². The summed E-state index contributed by atoms with van der Waals surface area (Å²) in [6, 6.07) is 7.17. The lowest BCUT2D eigenvalue weighted by Gasteiger charge is -2.29. The molecule has 0 radical (unpaired) electrons. The summed E-state index contributed by atoms with van der Waals surface area (Å²) in [7, 11) is 0. The Kier molecular flexibility index (Phi) is 4.71. The van der Waals surface area contributed by atoms with Gasteiger partial charge in [0.15, 0.2) is 0 Å². The van der Waals surface area contributed by atoms with Crippen LogP contribution in [0.4, 0.5) is 0 Å². The van der Waals surface area contributed by atoms with Gasteiger partial charge in [-0.1, -0.05) is 30.7 Å². The van der Waals surface area contributed by atoms with Crippen LogP contribution in [0, 0.1) is 5.92 Å². The average molecular weight is 348 g/mol. The number of carbonyl (C=O) groups is 2. The Labute approximate surface area is 145 Å². The van der Waals surface area contributed by atoms with Crippen molar-refractivity contribution >= 4 is 29.3 Å². The summed E-state index contributed by atoms with van der Waals surface area (Å²) in [4.78, 5) is 29.3. The van der Waals surface area contributed by atoms with Crippen molar-refractivity contribution in [1.29, 1.82) is 0 Å². The minimum Gasteiger partial charge on any atom is -0.465 e. The van der Waals surface area contributed by atoms with Crippen molar-refractivity contribution in [3.63, 3.8) is 0 Å². The number of nitrogens with zero attached hydrogens (tertiary/aromatic N) is 1. The second-order valence-corrected chi connectivity index (χ2v) is 6.30. The zero-order valence-corrected chi connectivity index (χ0v) is 14.3. The molecule has 0 fully saturated rings. The van der Waals surface area contributed by atoms with Crippen LogP contribution in [0.5, 0.6) is 0 Å². The van der Waals surface area contributed by atoms with Gasteiger partial charge in [0.2, 0.25) is 0 Å². The van der Waals surface area contributed by atoms with Crippen molar-refractivity contribution < 1.29 is 19.1 Å². The minimum atomic E-state index is -0.653. The van der Waals surface area contributed by atoms with E-state index in [4.69, 9.17) is 21.1 Å². The predicted octanol–water partition coefficient (Wildman–Crippen LogP) is 3.28. The van der Waals surface area contributed by atoms with Gasteiger partial charge in [0.05, 0.1) is 17.9 Å². The summed E-state index contributed by atoms with van der Waals surface area (Å²) in [5.74, 6) is -1.95. The number of esters is 2. The number of hydrogen-bond donors (Lipinski definition) is 0. The van der Waals surface area contributed by atoms with Crippen molar-refractivity contribution in [2.24, 2.45) is 10.9 Å². The molecular weight excluding hydrogens is 330 g/mol. The Morgan fingerprint density at radius 2 is 2.25 bits per heavy atom. The Morgan fingerprint density at radius 1 is 1.46 bits per heavy atom. The summed E-state index contributed by atoms with van der Waals surface area (Å²) in [5.41, 5.74) is 2.42. The second-order valence-electron chi connectivity index (χ2n) is 5.87.